The first kappa shape index (κ1) is 16.3. The van der Waals surface area contributed by atoms with E-state index in [1.165, 1.54) is 21.6 Å². The lowest BCUT2D eigenvalue weighted by molar-refractivity contribution is -0.122. The fourth-order valence-corrected chi connectivity index (χ4v) is 6.23. The molecule has 0 bridgehead atoms. The van der Waals surface area contributed by atoms with Crippen LogP contribution >= 0.6 is 11.8 Å². The lowest BCUT2D eigenvalue weighted by Gasteiger charge is -2.35. The zero-order valence-electron chi connectivity index (χ0n) is 27.9. The lowest BCUT2D eigenvalue weighted by atomic mass is 9.98. The van der Waals surface area contributed by atoms with Gasteiger partial charge in [-0.25, -0.2) is 9.78 Å². The number of thioether (sulfide) groups is 1. The fraction of sp³-hybridized carbons (Fsp3) is 0.321. The minimum atomic E-state index is -2.23. The Bertz CT molecular complexity index is 1700. The molecule has 2 aromatic carbocycles. The molecule has 0 spiro atoms. The summed E-state index contributed by atoms with van der Waals surface area (Å²) in [5, 5.41) is 5.87. The number of hydrogen-bond donors (Lipinski definition) is 2. The first-order valence-corrected chi connectivity index (χ1v) is 12.8. The number of pyridine rings is 1. The zero-order chi connectivity index (χ0) is 32.4. The molecule has 3 aliphatic rings. The van der Waals surface area contributed by atoms with Crippen LogP contribution in [0.25, 0.3) is 0 Å². The van der Waals surface area contributed by atoms with E-state index in [0.717, 1.165) is 0 Å². The summed E-state index contributed by atoms with van der Waals surface area (Å²) in [6.07, 6.45) is 2.88. The number of rotatable bonds is 5. The van der Waals surface area contributed by atoms with Crippen molar-refractivity contribution < 1.29 is 25.3 Å². The van der Waals surface area contributed by atoms with Gasteiger partial charge in [0.15, 0.2) is 0 Å². The number of amides is 3. The maximum atomic E-state index is 13.6. The summed E-state index contributed by atoms with van der Waals surface area (Å²) < 4.78 is 68.7. The number of hydrogen-bond acceptors (Lipinski definition) is 6. The quantitative estimate of drug-likeness (QED) is 0.501. The molecular weight excluding hydrogens is 486 g/mol. The van der Waals surface area contributed by atoms with Gasteiger partial charge in [0.1, 0.15) is 21.8 Å². The van der Waals surface area contributed by atoms with Gasteiger partial charge in [-0.05, 0) is 75.2 Å². The van der Waals surface area contributed by atoms with Gasteiger partial charge in [0.2, 0.25) is 5.91 Å². The molecule has 37 heavy (non-hydrogen) atoms. The van der Waals surface area contributed by atoms with E-state index in [-0.39, 0.29) is 30.0 Å². The molecule has 3 amide bonds. The van der Waals surface area contributed by atoms with E-state index < -0.39 is 54.5 Å². The lowest BCUT2D eigenvalue weighted by Crippen LogP contribution is -2.52. The predicted molar refractivity (Wildman–Crippen MR) is 144 cm³/mol. The standard InChI is InChI=1S/C28H29N5O3S/c1-17-15-20(36-19-8-4-3-5-9-19)10-11-21(17)33-22-12-13-29-27-23(22)24(31-28(33)35)25(37-27)26(34)30-18-7-6-14-32(2)16-18/h3-5,8-13,15,18,24-25H,6-7,14,16H2,1-2H3,(H,30,34)(H,31,35)/t18?,24?,25-/m1/s1/i2D3,3D,4D,5D,8D,9D. The number of likely N-dealkylation sites (tertiary alicyclic amines) is 1. The van der Waals surface area contributed by atoms with Crippen LogP contribution in [0, 0.1) is 6.92 Å². The molecule has 2 N–H and O–H groups in total. The Morgan fingerprint density at radius 1 is 1.24 bits per heavy atom. The van der Waals surface area contributed by atoms with Crippen molar-refractivity contribution in [1.29, 1.82) is 0 Å². The highest BCUT2D eigenvalue weighted by Gasteiger charge is 2.47. The SMILES string of the molecule is [2H]c1c([2H])c([2H])c(Oc2ccc(N3C(=O)NC4c5c3ccnc5S[C@H]4C(=O)NC3CCCN(C([2H])([2H])[2H])C3)c(C)c2)c([2H])c1[2H]. The molecule has 4 heterocycles. The summed E-state index contributed by atoms with van der Waals surface area (Å²) in [6, 6.07) is 2.59. The Balaban J connectivity index is 1.24. The van der Waals surface area contributed by atoms with Crippen LogP contribution in [0.1, 0.15) is 41.0 Å². The second kappa shape index (κ2) is 9.72. The monoisotopic (exact) mass is 523 g/mol. The van der Waals surface area contributed by atoms with Gasteiger partial charge in [0, 0.05) is 28.5 Å². The molecule has 2 unspecified atom stereocenters. The molecule has 0 aliphatic carbocycles. The number of urea groups is 1. The average Bonchev–Trinajstić information content (AvgIpc) is 3.37. The van der Waals surface area contributed by atoms with Gasteiger partial charge in [0.25, 0.3) is 0 Å². The summed E-state index contributed by atoms with van der Waals surface area (Å²) in [7, 11) is 0. The number of carbonyl (C=O) groups excluding carboxylic acids is 2. The van der Waals surface area contributed by atoms with Gasteiger partial charge in [0.05, 0.1) is 24.3 Å². The second-order valence-corrected chi connectivity index (χ2v) is 10.3. The molecule has 3 atom stereocenters. The molecule has 1 aromatic heterocycles. The molecule has 3 aliphatic heterocycles. The Labute approximate surface area is 231 Å². The second-order valence-electron chi connectivity index (χ2n) is 9.15. The highest BCUT2D eigenvalue weighted by atomic mass is 32.2. The van der Waals surface area contributed by atoms with Crippen LogP contribution < -0.4 is 20.3 Å². The minimum Gasteiger partial charge on any atom is -0.457 e. The number of likely N-dealkylation sites (N-methyl/N-ethyl adjacent to an activating group) is 1. The summed E-state index contributed by atoms with van der Waals surface area (Å²) in [5.74, 6) is -0.387. The number of aryl methyl sites for hydroxylation is 1. The third-order valence-electron chi connectivity index (χ3n) is 6.64. The molecular formula is C28H29N5O3S. The van der Waals surface area contributed by atoms with E-state index in [1.54, 1.807) is 37.4 Å². The number of benzene rings is 2. The van der Waals surface area contributed by atoms with Crippen molar-refractivity contribution in [3.05, 3.63) is 71.8 Å². The Morgan fingerprint density at radius 3 is 2.92 bits per heavy atom. The van der Waals surface area contributed by atoms with Gasteiger partial charge < -0.3 is 20.3 Å². The molecule has 3 aromatic rings. The molecule has 8 nitrogen and oxygen atoms in total. The van der Waals surface area contributed by atoms with Gasteiger partial charge in [-0.15, -0.1) is 0 Å². The number of aromatic nitrogens is 1. The smallest absolute Gasteiger partial charge is 0.327 e. The van der Waals surface area contributed by atoms with Crippen LogP contribution in [0.3, 0.4) is 0 Å². The highest BCUT2D eigenvalue weighted by Crippen LogP contribution is 2.51. The number of carbonyl (C=O) groups is 2. The Kier molecular flexibility index (Phi) is 4.29. The Hall–Kier alpha value is -3.56. The van der Waals surface area contributed by atoms with Crippen LogP contribution in [0.15, 0.2) is 65.7 Å². The van der Waals surface area contributed by atoms with Gasteiger partial charge in [-0.3, -0.25) is 9.69 Å². The summed E-state index contributed by atoms with van der Waals surface area (Å²) in [4.78, 5) is 34.5. The zero-order valence-corrected chi connectivity index (χ0v) is 20.7. The highest BCUT2D eigenvalue weighted by molar-refractivity contribution is 8.01. The number of piperidine rings is 1. The number of ether oxygens (including phenoxy) is 1. The van der Waals surface area contributed by atoms with E-state index >= 15 is 0 Å². The molecule has 9 heteroatoms. The summed E-state index contributed by atoms with van der Waals surface area (Å²) >= 11 is 1.25. The molecule has 190 valence electrons. The number of nitrogens with zero attached hydrogens (tertiary/aromatic N) is 3. The molecule has 0 radical (unpaired) electrons. The number of para-hydroxylation sites is 1. The third-order valence-corrected chi connectivity index (χ3v) is 7.93. The van der Waals surface area contributed by atoms with Gasteiger partial charge in [-0.2, -0.15) is 0 Å². The Morgan fingerprint density at radius 2 is 2.11 bits per heavy atom. The third kappa shape index (κ3) is 4.53. The van der Waals surface area contributed by atoms with E-state index in [0.29, 0.717) is 46.9 Å². The van der Waals surface area contributed by atoms with E-state index in [4.69, 9.17) is 15.7 Å². The maximum absolute atomic E-state index is 13.6. The topological polar surface area (TPSA) is 86.8 Å². The molecule has 6 rings (SSSR count). The number of anilines is 2. The van der Waals surface area contributed by atoms with Crippen molar-refractivity contribution in [2.75, 3.05) is 25.0 Å². The first-order valence-electron chi connectivity index (χ1n) is 15.9. The van der Waals surface area contributed by atoms with E-state index in [2.05, 4.69) is 15.6 Å². The van der Waals surface area contributed by atoms with Crippen molar-refractivity contribution in [1.82, 2.24) is 20.5 Å². The van der Waals surface area contributed by atoms with Crippen molar-refractivity contribution in [3.63, 3.8) is 0 Å². The van der Waals surface area contributed by atoms with Crippen molar-refractivity contribution in [3.8, 4) is 11.5 Å². The molecule has 1 fully saturated rings. The fourth-order valence-electron chi connectivity index (χ4n) is 4.99. The van der Waals surface area contributed by atoms with Crippen LogP contribution in [0.4, 0.5) is 16.2 Å². The summed E-state index contributed by atoms with van der Waals surface area (Å²) in [5.41, 5.74) is 2.38. The normalized spacial score (nSPS) is 26.2. The van der Waals surface area contributed by atoms with Crippen molar-refractivity contribution >= 4 is 35.1 Å². The predicted octanol–water partition coefficient (Wildman–Crippen LogP) is 4.77. The largest absolute Gasteiger partial charge is 0.457 e. The summed E-state index contributed by atoms with van der Waals surface area (Å²) in [6.45, 7) is 0.178. The van der Waals surface area contributed by atoms with Crippen molar-refractivity contribution in [2.45, 2.75) is 42.1 Å². The molecule has 0 saturated carbocycles. The van der Waals surface area contributed by atoms with Crippen molar-refractivity contribution in [2.24, 2.45) is 0 Å². The van der Waals surface area contributed by atoms with Crippen LogP contribution in [0.5, 0.6) is 11.5 Å². The maximum Gasteiger partial charge on any atom is 0.327 e. The van der Waals surface area contributed by atoms with E-state index in [9.17, 15) is 9.59 Å². The van der Waals surface area contributed by atoms with Gasteiger partial charge in [-0.1, -0.05) is 29.9 Å². The minimum absolute atomic E-state index is 0.218. The average molecular weight is 524 g/mol. The van der Waals surface area contributed by atoms with Gasteiger partial charge >= 0.3 is 6.03 Å². The van der Waals surface area contributed by atoms with E-state index in [1.807, 2.05) is 0 Å². The van der Waals surface area contributed by atoms with Crippen LogP contribution in [-0.2, 0) is 4.79 Å². The molecule has 1 saturated heterocycles. The first-order chi connectivity index (χ1) is 21.3. The number of nitrogens with one attached hydrogen (secondary N) is 2. The van der Waals surface area contributed by atoms with Crippen LogP contribution in [0.2, 0.25) is 0 Å². The van der Waals surface area contributed by atoms with Crippen LogP contribution in [-0.4, -0.2) is 53.2 Å².